The Morgan fingerprint density at radius 3 is 2.21 bits per heavy atom. The van der Waals surface area contributed by atoms with E-state index in [0.717, 1.165) is 36.4 Å². The molecule has 0 bridgehead atoms. The highest BCUT2D eigenvalue weighted by molar-refractivity contribution is 5.98. The van der Waals surface area contributed by atoms with Gasteiger partial charge in [-0.3, -0.25) is 0 Å². The van der Waals surface area contributed by atoms with Crippen LogP contribution in [0.25, 0.3) is 11.3 Å². The van der Waals surface area contributed by atoms with Crippen molar-refractivity contribution in [1.82, 2.24) is 4.98 Å². The van der Waals surface area contributed by atoms with Crippen LogP contribution in [0.4, 0.5) is 38.7 Å². The number of urea groups is 1. The molecule has 0 aliphatic heterocycles. The molecule has 2 aromatic carbocycles. The molecule has 0 unspecified atom stereocenters. The molecule has 3 aromatic rings. The molecule has 13 heteroatoms. The van der Waals surface area contributed by atoms with E-state index in [2.05, 4.69) is 9.98 Å². The maximum Gasteiger partial charge on any atom is 0.437 e. The van der Waals surface area contributed by atoms with Crippen LogP contribution in [0.5, 0.6) is 0 Å². The summed E-state index contributed by atoms with van der Waals surface area (Å²) < 4.78 is 61.6. The summed E-state index contributed by atoms with van der Waals surface area (Å²) >= 11 is 0. The molecule has 0 fully saturated rings. The quantitative estimate of drug-likeness (QED) is 0.292. The largest absolute Gasteiger partial charge is 0.443 e. The number of hydrogen-bond donors (Lipinski definition) is 3. The summed E-state index contributed by atoms with van der Waals surface area (Å²) in [5.74, 6) is -5.13. The van der Waals surface area contributed by atoms with Gasteiger partial charge in [0, 0.05) is 17.2 Å². The van der Waals surface area contributed by atoms with Gasteiger partial charge in [0.05, 0.1) is 5.69 Å². The number of primary amides is 1. The van der Waals surface area contributed by atoms with E-state index in [1.165, 1.54) is 6.07 Å². The molecule has 0 aliphatic carbocycles. The molecule has 0 aliphatic rings. The van der Waals surface area contributed by atoms with Crippen LogP contribution in [0.1, 0.15) is 5.56 Å². The van der Waals surface area contributed by atoms with E-state index in [1.54, 1.807) is 0 Å². The van der Waals surface area contributed by atoms with Crippen molar-refractivity contribution in [1.29, 1.82) is 0 Å². The zero-order chi connectivity index (χ0) is 25.0. The first-order valence-corrected chi connectivity index (χ1v) is 9.33. The average molecular weight is 476 g/mol. The molecule has 34 heavy (non-hydrogen) atoms. The van der Waals surface area contributed by atoms with Crippen molar-refractivity contribution in [2.75, 3.05) is 4.90 Å². The van der Waals surface area contributed by atoms with E-state index in [1.807, 2.05) is 0 Å². The zero-order valence-electron chi connectivity index (χ0n) is 17.1. The van der Waals surface area contributed by atoms with Gasteiger partial charge in [0.25, 0.3) is 0 Å². The molecule has 3 rings (SSSR count). The number of aliphatic imine (C=N–C) groups is 1. The van der Waals surface area contributed by atoms with Crippen molar-refractivity contribution in [3.63, 3.8) is 0 Å². The van der Waals surface area contributed by atoms with Crippen molar-refractivity contribution in [2.45, 2.75) is 6.61 Å². The van der Waals surface area contributed by atoms with Gasteiger partial charge in [-0.05, 0) is 36.4 Å². The summed E-state index contributed by atoms with van der Waals surface area (Å²) in [4.78, 5) is 31.5. The van der Waals surface area contributed by atoms with Crippen LogP contribution in [-0.2, 0) is 11.3 Å². The first-order chi connectivity index (χ1) is 16.1. The molecule has 0 spiro atoms. The second kappa shape index (κ2) is 9.85. The van der Waals surface area contributed by atoms with Gasteiger partial charge in [-0.1, -0.05) is 6.07 Å². The molecule has 0 saturated heterocycles. The Kier molecular flexibility index (Phi) is 6.95. The standard InChI is InChI=1S/C21H16F4N6O3/c22-11-5-6-12(15(25)8-11)17-10(9-34-21(33)30-19(26)27)4-7-16(29-17)31(20(28)32)18-13(23)2-1-3-14(18)24/h1-8H,9H2,(H2,28,32)(H4,26,27,30,33). The molecule has 6 N–H and O–H groups in total. The van der Waals surface area contributed by atoms with Gasteiger partial charge in [0.2, 0.25) is 0 Å². The Morgan fingerprint density at radius 2 is 1.62 bits per heavy atom. The van der Waals surface area contributed by atoms with Crippen LogP contribution < -0.4 is 22.1 Å². The molecule has 1 heterocycles. The third-order valence-corrected chi connectivity index (χ3v) is 4.33. The number of anilines is 2. The lowest BCUT2D eigenvalue weighted by atomic mass is 10.1. The number of amides is 3. The van der Waals surface area contributed by atoms with Crippen molar-refractivity contribution >= 4 is 29.6 Å². The number of nitrogens with zero attached hydrogens (tertiary/aromatic N) is 3. The van der Waals surface area contributed by atoms with E-state index in [4.69, 9.17) is 21.9 Å². The van der Waals surface area contributed by atoms with Gasteiger partial charge in [-0.25, -0.2) is 37.0 Å². The molecular weight excluding hydrogens is 460 g/mol. The van der Waals surface area contributed by atoms with Gasteiger partial charge < -0.3 is 21.9 Å². The number of hydrogen-bond acceptors (Lipinski definition) is 4. The minimum absolute atomic E-state index is 0.0619. The Bertz CT molecular complexity index is 1280. The molecule has 3 amide bonds. The number of benzene rings is 2. The van der Waals surface area contributed by atoms with E-state index in [0.29, 0.717) is 11.0 Å². The van der Waals surface area contributed by atoms with E-state index < -0.39 is 59.5 Å². The van der Waals surface area contributed by atoms with Gasteiger partial charge in [-0.15, -0.1) is 4.99 Å². The second-order valence-electron chi connectivity index (χ2n) is 6.64. The first kappa shape index (κ1) is 24.0. The Hall–Kier alpha value is -4.68. The highest BCUT2D eigenvalue weighted by Gasteiger charge is 2.25. The van der Waals surface area contributed by atoms with Crippen molar-refractivity contribution < 1.29 is 31.9 Å². The average Bonchev–Trinajstić information content (AvgIpc) is 2.74. The lowest BCUT2D eigenvalue weighted by molar-refractivity contribution is 0.151. The fraction of sp³-hybridized carbons (Fsp3) is 0.0476. The Morgan fingerprint density at radius 1 is 0.941 bits per heavy atom. The highest BCUT2D eigenvalue weighted by atomic mass is 19.1. The van der Waals surface area contributed by atoms with Crippen LogP contribution in [0.3, 0.4) is 0 Å². The number of para-hydroxylation sites is 1. The van der Waals surface area contributed by atoms with Gasteiger partial charge in [0.1, 0.15) is 41.4 Å². The fourth-order valence-corrected chi connectivity index (χ4v) is 2.95. The van der Waals surface area contributed by atoms with Crippen molar-refractivity contribution in [2.24, 2.45) is 22.2 Å². The molecule has 0 saturated carbocycles. The minimum atomic E-state index is -1.30. The zero-order valence-corrected chi connectivity index (χ0v) is 17.1. The van der Waals surface area contributed by atoms with Crippen LogP contribution in [0.15, 0.2) is 53.5 Å². The number of carbonyl (C=O) groups excluding carboxylic acids is 2. The maximum absolute atomic E-state index is 14.6. The molecule has 0 atom stereocenters. The molecule has 1 aromatic heterocycles. The maximum atomic E-state index is 14.6. The topological polar surface area (TPSA) is 150 Å². The van der Waals surface area contributed by atoms with Gasteiger partial charge in [0.15, 0.2) is 5.96 Å². The third-order valence-electron chi connectivity index (χ3n) is 4.33. The molecule has 176 valence electrons. The third kappa shape index (κ3) is 5.20. The van der Waals surface area contributed by atoms with Gasteiger partial charge >= 0.3 is 12.1 Å². The van der Waals surface area contributed by atoms with E-state index in [9.17, 15) is 27.2 Å². The van der Waals surface area contributed by atoms with E-state index in [-0.39, 0.29) is 16.8 Å². The number of guanidine groups is 1. The monoisotopic (exact) mass is 476 g/mol. The number of pyridine rings is 1. The van der Waals surface area contributed by atoms with Gasteiger partial charge in [-0.2, -0.15) is 0 Å². The summed E-state index contributed by atoms with van der Waals surface area (Å²) in [6.07, 6.45) is -1.17. The first-order valence-electron chi connectivity index (χ1n) is 9.33. The summed E-state index contributed by atoms with van der Waals surface area (Å²) in [6.45, 7) is -0.528. The Labute approximate surface area is 189 Å². The van der Waals surface area contributed by atoms with Crippen LogP contribution in [0.2, 0.25) is 0 Å². The summed E-state index contributed by atoms with van der Waals surface area (Å²) in [5.41, 5.74) is 14.3. The van der Waals surface area contributed by atoms with E-state index >= 15 is 0 Å². The predicted octanol–water partition coefficient (Wildman–Crippen LogP) is 3.43. The number of aromatic nitrogens is 1. The van der Waals surface area contributed by atoms with Crippen LogP contribution in [0, 0.1) is 23.3 Å². The van der Waals surface area contributed by atoms with Crippen molar-refractivity contribution in [3.8, 4) is 11.3 Å². The number of rotatable bonds is 5. The summed E-state index contributed by atoms with van der Waals surface area (Å²) in [5, 5.41) is 0. The lowest BCUT2D eigenvalue weighted by Gasteiger charge is -2.22. The SMILES string of the molecule is NC(=O)N(c1ccc(COC(=O)N=C(N)N)c(-c2ccc(F)cc2F)n1)c1c(F)cccc1F. The molecule has 0 radical (unpaired) electrons. The summed E-state index contributed by atoms with van der Waals surface area (Å²) in [7, 11) is 0. The molecule has 9 nitrogen and oxygen atoms in total. The number of carbonyl (C=O) groups is 2. The number of nitrogens with two attached hydrogens (primary N) is 3. The lowest BCUT2D eigenvalue weighted by Crippen LogP contribution is -2.33. The van der Waals surface area contributed by atoms with Crippen LogP contribution >= 0.6 is 0 Å². The highest BCUT2D eigenvalue weighted by Crippen LogP contribution is 2.33. The fourth-order valence-electron chi connectivity index (χ4n) is 2.95. The molecular formula is C21H16F4N6O3. The predicted molar refractivity (Wildman–Crippen MR) is 114 cm³/mol. The van der Waals surface area contributed by atoms with Crippen LogP contribution in [-0.4, -0.2) is 23.1 Å². The summed E-state index contributed by atoms with van der Waals surface area (Å²) in [6, 6.07) is 6.48. The number of ether oxygens (including phenoxy) is 1. The Balaban J connectivity index is 2.16. The number of halogens is 4. The smallest absolute Gasteiger partial charge is 0.437 e. The normalized spacial score (nSPS) is 10.5. The van der Waals surface area contributed by atoms with Crippen molar-refractivity contribution in [3.05, 3.63) is 77.4 Å². The second-order valence-corrected chi connectivity index (χ2v) is 6.64. The minimum Gasteiger partial charge on any atom is -0.443 e.